The van der Waals surface area contributed by atoms with Crippen LogP contribution in [0, 0.1) is 11.3 Å². The summed E-state index contributed by atoms with van der Waals surface area (Å²) in [6.07, 6.45) is 2.51. The Hall–Kier alpha value is -1.42. The summed E-state index contributed by atoms with van der Waals surface area (Å²) in [5, 5.41) is 6.83. The molecule has 2 atom stereocenters. The third-order valence-electron chi connectivity index (χ3n) is 5.29. The first-order valence-corrected chi connectivity index (χ1v) is 10.2. The number of rotatable bonds is 7. The predicted octanol–water partition coefficient (Wildman–Crippen LogP) is 3.84. The largest absolute Gasteiger partial charge is 0.496 e. The van der Waals surface area contributed by atoms with E-state index in [9.17, 15) is 0 Å². The van der Waals surface area contributed by atoms with Gasteiger partial charge in [-0.1, -0.05) is 20.8 Å². The summed E-state index contributed by atoms with van der Waals surface area (Å²) >= 11 is 0. The lowest BCUT2D eigenvalue weighted by Crippen LogP contribution is -2.47. The van der Waals surface area contributed by atoms with Crippen LogP contribution in [0.25, 0.3) is 0 Å². The average molecular weight is 535 g/mol. The average Bonchev–Trinajstić information content (AvgIpc) is 2.72. The van der Waals surface area contributed by atoms with Crippen LogP contribution in [-0.4, -0.2) is 53.6 Å². The molecule has 1 fully saturated rings. The number of benzene rings is 1. The molecule has 1 aliphatic heterocycles. The number of nitrogens with zero attached hydrogens (tertiary/aromatic N) is 1. The molecule has 8 heteroatoms. The molecule has 0 bridgehead atoms. The van der Waals surface area contributed by atoms with Gasteiger partial charge in [-0.15, -0.1) is 24.0 Å². The van der Waals surface area contributed by atoms with Crippen molar-refractivity contribution in [1.29, 1.82) is 0 Å². The fourth-order valence-corrected chi connectivity index (χ4v) is 3.87. The van der Waals surface area contributed by atoms with Crippen LogP contribution in [-0.2, 0) is 11.3 Å². The van der Waals surface area contributed by atoms with E-state index < -0.39 is 0 Å². The van der Waals surface area contributed by atoms with Crippen molar-refractivity contribution >= 4 is 29.9 Å². The van der Waals surface area contributed by atoms with Crippen molar-refractivity contribution in [2.45, 2.75) is 46.3 Å². The third-order valence-corrected chi connectivity index (χ3v) is 5.29. The summed E-state index contributed by atoms with van der Waals surface area (Å²) in [7, 11) is 6.66. The number of ether oxygens (including phenoxy) is 4. The number of halogens is 1. The maximum atomic E-state index is 6.09. The highest BCUT2D eigenvalue weighted by atomic mass is 127. The summed E-state index contributed by atoms with van der Waals surface area (Å²) in [5.74, 6) is 3.25. The number of hydrogen-bond acceptors (Lipinski definition) is 5. The number of hydrogen-bond donors (Lipinski definition) is 2. The van der Waals surface area contributed by atoms with Gasteiger partial charge >= 0.3 is 0 Å². The number of guanidine groups is 1. The van der Waals surface area contributed by atoms with E-state index in [0.717, 1.165) is 43.3 Å². The molecule has 0 aromatic heterocycles. The van der Waals surface area contributed by atoms with Crippen molar-refractivity contribution in [2.75, 3.05) is 41.5 Å². The molecule has 0 saturated carbocycles. The van der Waals surface area contributed by atoms with E-state index in [-0.39, 0.29) is 35.5 Å². The molecule has 1 heterocycles. The van der Waals surface area contributed by atoms with Gasteiger partial charge in [-0.2, -0.15) is 0 Å². The summed E-state index contributed by atoms with van der Waals surface area (Å²) in [6, 6.07) is 3.75. The fraction of sp³-hybridized carbons (Fsp3) is 0.682. The van der Waals surface area contributed by atoms with Gasteiger partial charge in [0.1, 0.15) is 5.75 Å². The van der Waals surface area contributed by atoms with Gasteiger partial charge in [0.25, 0.3) is 0 Å². The van der Waals surface area contributed by atoms with Gasteiger partial charge in [0.05, 0.1) is 27.4 Å². The Kier molecular flexibility index (Phi) is 11.0. The first-order valence-electron chi connectivity index (χ1n) is 10.2. The minimum Gasteiger partial charge on any atom is -0.496 e. The maximum Gasteiger partial charge on any atom is 0.191 e. The first kappa shape index (κ1) is 26.6. The molecule has 2 N–H and O–H groups in total. The van der Waals surface area contributed by atoms with E-state index >= 15 is 0 Å². The van der Waals surface area contributed by atoms with Crippen molar-refractivity contribution in [3.05, 3.63) is 17.7 Å². The van der Waals surface area contributed by atoms with Crippen LogP contribution in [0.4, 0.5) is 0 Å². The zero-order chi connectivity index (χ0) is 21.4. The van der Waals surface area contributed by atoms with Gasteiger partial charge in [0, 0.05) is 44.3 Å². The lowest BCUT2D eigenvalue weighted by atomic mass is 9.78. The van der Waals surface area contributed by atoms with Gasteiger partial charge in [-0.3, -0.25) is 4.99 Å². The molecule has 1 aromatic rings. The molecule has 0 radical (unpaired) electrons. The van der Waals surface area contributed by atoms with Crippen molar-refractivity contribution in [3.8, 4) is 17.2 Å². The third kappa shape index (κ3) is 7.08. The lowest BCUT2D eigenvalue weighted by molar-refractivity contribution is -0.0835. The van der Waals surface area contributed by atoms with Gasteiger partial charge in [0.2, 0.25) is 0 Å². The van der Waals surface area contributed by atoms with Crippen LogP contribution in [0.15, 0.2) is 17.1 Å². The first-order chi connectivity index (χ1) is 13.8. The number of aliphatic imine (C=N–C) groups is 1. The van der Waals surface area contributed by atoms with E-state index in [2.05, 4.69) is 36.4 Å². The molecule has 172 valence electrons. The quantitative estimate of drug-likeness (QED) is 0.314. The van der Waals surface area contributed by atoms with Crippen molar-refractivity contribution in [1.82, 2.24) is 10.6 Å². The van der Waals surface area contributed by atoms with Crippen LogP contribution in [0.1, 0.15) is 39.2 Å². The molecule has 1 saturated heterocycles. The Bertz CT molecular complexity index is 692. The van der Waals surface area contributed by atoms with Crippen LogP contribution in [0.5, 0.6) is 17.2 Å². The maximum absolute atomic E-state index is 6.09. The molecule has 0 spiro atoms. The van der Waals surface area contributed by atoms with Crippen LogP contribution < -0.4 is 24.8 Å². The number of methoxy groups -OCH3 is 3. The smallest absolute Gasteiger partial charge is 0.191 e. The number of nitrogens with one attached hydrogen (secondary N) is 2. The summed E-state index contributed by atoms with van der Waals surface area (Å²) < 4.78 is 22.4. The second kappa shape index (κ2) is 12.4. The Morgan fingerprint density at radius 1 is 1.07 bits per heavy atom. The SMILES string of the molecule is CN=C(NCc1cc(OC)c(OC)cc1OC)NCC1CCCOC1C(C)(C)C.I. The summed E-state index contributed by atoms with van der Waals surface area (Å²) in [4.78, 5) is 4.36. The second-order valence-electron chi connectivity index (χ2n) is 8.39. The molecule has 1 aromatic carbocycles. The fourth-order valence-electron chi connectivity index (χ4n) is 3.87. The van der Waals surface area contributed by atoms with E-state index in [1.54, 1.807) is 28.4 Å². The van der Waals surface area contributed by atoms with Gasteiger partial charge < -0.3 is 29.6 Å². The molecule has 30 heavy (non-hydrogen) atoms. The molecular formula is C22H38IN3O4. The van der Waals surface area contributed by atoms with Crippen molar-refractivity contribution in [3.63, 3.8) is 0 Å². The highest BCUT2D eigenvalue weighted by molar-refractivity contribution is 14.0. The van der Waals surface area contributed by atoms with Crippen molar-refractivity contribution in [2.24, 2.45) is 16.3 Å². The molecular weight excluding hydrogens is 497 g/mol. The van der Waals surface area contributed by atoms with E-state index in [1.807, 2.05) is 12.1 Å². The van der Waals surface area contributed by atoms with E-state index in [0.29, 0.717) is 24.0 Å². The Morgan fingerprint density at radius 3 is 2.27 bits per heavy atom. The lowest BCUT2D eigenvalue weighted by Gasteiger charge is -2.40. The second-order valence-corrected chi connectivity index (χ2v) is 8.39. The minimum absolute atomic E-state index is 0. The van der Waals surface area contributed by atoms with Gasteiger partial charge in [-0.25, -0.2) is 0 Å². The van der Waals surface area contributed by atoms with Gasteiger partial charge in [0.15, 0.2) is 17.5 Å². The minimum atomic E-state index is 0. The zero-order valence-electron chi connectivity index (χ0n) is 19.3. The Labute approximate surface area is 198 Å². The predicted molar refractivity (Wildman–Crippen MR) is 132 cm³/mol. The molecule has 2 rings (SSSR count). The highest BCUT2D eigenvalue weighted by Crippen LogP contribution is 2.35. The molecule has 2 unspecified atom stereocenters. The normalized spacial score (nSPS) is 19.5. The van der Waals surface area contributed by atoms with Crippen LogP contribution >= 0.6 is 24.0 Å². The monoisotopic (exact) mass is 535 g/mol. The standard InChI is InChI=1S/C22H37N3O4.HI/c1-22(2,3)20-15(9-8-10-29-20)13-24-21(23-4)25-14-16-11-18(27-6)19(28-7)12-17(16)26-5;/h11-12,15,20H,8-10,13-14H2,1-7H3,(H2,23,24,25);1H. The molecule has 0 amide bonds. The Balaban J connectivity index is 0.00000450. The van der Waals surface area contributed by atoms with Crippen molar-refractivity contribution < 1.29 is 18.9 Å². The summed E-state index contributed by atoms with van der Waals surface area (Å²) in [6.45, 7) is 8.95. The van der Waals surface area contributed by atoms with E-state index in [4.69, 9.17) is 18.9 Å². The molecule has 7 nitrogen and oxygen atoms in total. The van der Waals surface area contributed by atoms with Crippen LogP contribution in [0.2, 0.25) is 0 Å². The molecule has 0 aliphatic carbocycles. The highest BCUT2D eigenvalue weighted by Gasteiger charge is 2.35. The van der Waals surface area contributed by atoms with Crippen LogP contribution in [0.3, 0.4) is 0 Å². The zero-order valence-corrected chi connectivity index (χ0v) is 21.7. The Morgan fingerprint density at radius 2 is 1.70 bits per heavy atom. The van der Waals surface area contributed by atoms with E-state index in [1.165, 1.54) is 0 Å². The summed E-state index contributed by atoms with van der Waals surface area (Å²) in [5.41, 5.74) is 1.08. The molecule has 1 aliphatic rings. The topological polar surface area (TPSA) is 73.3 Å². The van der Waals surface area contributed by atoms with Gasteiger partial charge in [-0.05, 0) is 24.3 Å².